The van der Waals surface area contributed by atoms with Crippen molar-refractivity contribution in [1.29, 1.82) is 0 Å². The monoisotopic (exact) mass is 357 g/mol. The molecule has 0 aliphatic carbocycles. The molecule has 1 N–H and O–H groups in total. The second-order valence-corrected chi connectivity index (χ2v) is 7.42. The Bertz CT molecular complexity index is 764. The fraction of sp³-hybridized carbons (Fsp3) is 0.421. The van der Waals surface area contributed by atoms with Gasteiger partial charge in [0.25, 0.3) is 0 Å². The Kier molecular flexibility index (Phi) is 5.06. The number of hydrogen-bond acceptors (Lipinski definition) is 4. The van der Waals surface area contributed by atoms with Crippen molar-refractivity contribution in [1.82, 2.24) is 20.2 Å². The third-order valence-corrected chi connectivity index (χ3v) is 4.17. The van der Waals surface area contributed by atoms with Gasteiger partial charge in [-0.05, 0) is 45.0 Å². The Labute approximate surface area is 153 Å². The van der Waals surface area contributed by atoms with Crippen molar-refractivity contribution in [3.8, 4) is 11.3 Å². The minimum absolute atomic E-state index is 0.0353. The quantitative estimate of drug-likeness (QED) is 0.898. The van der Waals surface area contributed by atoms with E-state index in [4.69, 9.17) is 0 Å². The van der Waals surface area contributed by atoms with Crippen LogP contribution in [-0.4, -0.2) is 52.6 Å². The molecule has 6 nitrogen and oxygen atoms in total. The minimum atomic E-state index is -0.271. The van der Waals surface area contributed by atoms with Crippen LogP contribution in [0.4, 0.5) is 15.0 Å². The van der Waals surface area contributed by atoms with Crippen LogP contribution in [0.2, 0.25) is 0 Å². The summed E-state index contributed by atoms with van der Waals surface area (Å²) in [6.45, 7) is 8.60. The Morgan fingerprint density at radius 1 is 1.08 bits per heavy atom. The van der Waals surface area contributed by atoms with Crippen molar-refractivity contribution in [3.05, 3.63) is 42.5 Å². The first kappa shape index (κ1) is 18.1. The first-order valence-electron chi connectivity index (χ1n) is 8.72. The number of nitrogens with one attached hydrogen (secondary N) is 1. The van der Waals surface area contributed by atoms with E-state index < -0.39 is 0 Å². The second kappa shape index (κ2) is 7.27. The number of nitrogens with zero attached hydrogens (tertiary/aromatic N) is 4. The highest BCUT2D eigenvalue weighted by Gasteiger charge is 2.24. The molecular weight excluding hydrogens is 333 g/mol. The number of carbonyl (C=O) groups excluding carboxylic acids is 1. The molecule has 2 amide bonds. The lowest BCUT2D eigenvalue weighted by Gasteiger charge is -2.36. The number of rotatable bonds is 2. The molecule has 138 valence electrons. The second-order valence-electron chi connectivity index (χ2n) is 7.42. The zero-order valence-corrected chi connectivity index (χ0v) is 15.4. The zero-order valence-electron chi connectivity index (χ0n) is 15.4. The minimum Gasteiger partial charge on any atom is -0.353 e. The Morgan fingerprint density at radius 3 is 2.35 bits per heavy atom. The average molecular weight is 357 g/mol. The van der Waals surface area contributed by atoms with E-state index in [1.54, 1.807) is 12.1 Å². The zero-order chi connectivity index (χ0) is 18.7. The third kappa shape index (κ3) is 4.47. The van der Waals surface area contributed by atoms with Gasteiger partial charge in [0.15, 0.2) is 0 Å². The third-order valence-electron chi connectivity index (χ3n) is 4.17. The summed E-state index contributed by atoms with van der Waals surface area (Å²) in [4.78, 5) is 24.9. The van der Waals surface area contributed by atoms with Gasteiger partial charge in [0.2, 0.25) is 0 Å². The van der Waals surface area contributed by atoms with Crippen LogP contribution >= 0.6 is 0 Å². The summed E-state index contributed by atoms with van der Waals surface area (Å²) < 4.78 is 13.1. The number of aromatic nitrogens is 2. The predicted molar refractivity (Wildman–Crippen MR) is 99.5 cm³/mol. The van der Waals surface area contributed by atoms with E-state index in [1.807, 2.05) is 31.7 Å². The van der Waals surface area contributed by atoms with Gasteiger partial charge in [-0.25, -0.2) is 19.2 Å². The molecule has 2 aromatic rings. The molecule has 26 heavy (non-hydrogen) atoms. The van der Waals surface area contributed by atoms with E-state index in [-0.39, 0.29) is 17.4 Å². The van der Waals surface area contributed by atoms with Crippen LogP contribution < -0.4 is 10.2 Å². The number of amides is 2. The molecule has 0 unspecified atom stereocenters. The van der Waals surface area contributed by atoms with E-state index in [9.17, 15) is 9.18 Å². The smallest absolute Gasteiger partial charge is 0.317 e. The van der Waals surface area contributed by atoms with Crippen molar-refractivity contribution >= 4 is 11.8 Å². The number of benzene rings is 1. The molecule has 7 heteroatoms. The molecule has 1 aliphatic heterocycles. The van der Waals surface area contributed by atoms with Gasteiger partial charge in [-0.1, -0.05) is 0 Å². The Balaban J connectivity index is 1.65. The molecule has 2 heterocycles. The maximum absolute atomic E-state index is 13.1. The van der Waals surface area contributed by atoms with Crippen LogP contribution in [0.25, 0.3) is 11.3 Å². The molecule has 0 bridgehead atoms. The Hall–Kier alpha value is -2.70. The Morgan fingerprint density at radius 2 is 1.73 bits per heavy atom. The molecule has 1 aromatic carbocycles. The first-order chi connectivity index (χ1) is 12.3. The van der Waals surface area contributed by atoms with Gasteiger partial charge < -0.3 is 15.1 Å². The van der Waals surface area contributed by atoms with Gasteiger partial charge >= 0.3 is 6.03 Å². The molecule has 3 rings (SSSR count). The molecular formula is C19H24FN5O. The maximum atomic E-state index is 13.1. The summed E-state index contributed by atoms with van der Waals surface area (Å²) in [7, 11) is 0. The van der Waals surface area contributed by atoms with Crippen LogP contribution in [0.5, 0.6) is 0 Å². The molecule has 0 radical (unpaired) electrons. The van der Waals surface area contributed by atoms with Gasteiger partial charge in [-0.3, -0.25) is 0 Å². The van der Waals surface area contributed by atoms with Gasteiger partial charge in [0, 0.05) is 43.3 Å². The van der Waals surface area contributed by atoms with Gasteiger partial charge in [-0.15, -0.1) is 0 Å². The van der Waals surface area contributed by atoms with Crippen LogP contribution in [0.1, 0.15) is 20.8 Å². The van der Waals surface area contributed by atoms with E-state index in [1.165, 1.54) is 18.5 Å². The first-order valence-corrected chi connectivity index (χ1v) is 8.72. The molecule has 0 atom stereocenters. The number of hydrogen-bond donors (Lipinski definition) is 1. The van der Waals surface area contributed by atoms with E-state index in [0.717, 1.165) is 17.1 Å². The van der Waals surface area contributed by atoms with E-state index >= 15 is 0 Å². The van der Waals surface area contributed by atoms with Gasteiger partial charge in [-0.2, -0.15) is 0 Å². The van der Waals surface area contributed by atoms with Crippen LogP contribution in [0.3, 0.4) is 0 Å². The standard InChI is InChI=1S/C19H24FN5O/c1-19(2,3)23-18(26)25-10-8-24(9-11-25)17-12-16(21-13-22-17)14-4-6-15(20)7-5-14/h4-7,12-13H,8-11H2,1-3H3,(H,23,26). The topological polar surface area (TPSA) is 61.4 Å². The normalized spacial score (nSPS) is 15.1. The highest BCUT2D eigenvalue weighted by atomic mass is 19.1. The fourth-order valence-electron chi connectivity index (χ4n) is 2.84. The summed E-state index contributed by atoms with van der Waals surface area (Å²) in [5.74, 6) is 0.544. The van der Waals surface area contributed by atoms with Gasteiger partial charge in [0.1, 0.15) is 18.0 Å². The fourth-order valence-corrected chi connectivity index (χ4v) is 2.84. The molecule has 0 saturated carbocycles. The summed E-state index contributed by atoms with van der Waals surface area (Å²) in [6, 6.07) is 8.12. The lowest BCUT2D eigenvalue weighted by atomic mass is 10.1. The number of piperazine rings is 1. The highest BCUT2D eigenvalue weighted by molar-refractivity contribution is 5.75. The van der Waals surface area contributed by atoms with Crippen molar-refractivity contribution < 1.29 is 9.18 Å². The molecule has 1 aliphatic rings. The van der Waals surface area contributed by atoms with Gasteiger partial charge in [0.05, 0.1) is 5.69 Å². The number of halogens is 1. The largest absolute Gasteiger partial charge is 0.353 e. The van der Waals surface area contributed by atoms with Crippen molar-refractivity contribution in [3.63, 3.8) is 0 Å². The summed E-state index contributed by atoms with van der Waals surface area (Å²) in [6.07, 6.45) is 1.52. The van der Waals surface area contributed by atoms with Crippen molar-refractivity contribution in [2.45, 2.75) is 26.3 Å². The van der Waals surface area contributed by atoms with Crippen LogP contribution in [-0.2, 0) is 0 Å². The SMILES string of the molecule is CC(C)(C)NC(=O)N1CCN(c2cc(-c3ccc(F)cc3)ncn2)CC1. The highest BCUT2D eigenvalue weighted by Crippen LogP contribution is 2.22. The van der Waals surface area contributed by atoms with Crippen LogP contribution in [0.15, 0.2) is 36.7 Å². The maximum Gasteiger partial charge on any atom is 0.317 e. The van der Waals surface area contributed by atoms with Crippen molar-refractivity contribution in [2.24, 2.45) is 0 Å². The molecule has 1 saturated heterocycles. The van der Waals surface area contributed by atoms with E-state index in [2.05, 4.69) is 20.2 Å². The average Bonchev–Trinajstić information content (AvgIpc) is 2.61. The summed E-state index contributed by atoms with van der Waals surface area (Å²) in [5, 5.41) is 2.99. The predicted octanol–water partition coefficient (Wildman–Crippen LogP) is 2.91. The molecule has 1 fully saturated rings. The number of urea groups is 1. The summed E-state index contributed by atoms with van der Waals surface area (Å²) >= 11 is 0. The van der Waals surface area contributed by atoms with Crippen molar-refractivity contribution in [2.75, 3.05) is 31.1 Å². The summed E-state index contributed by atoms with van der Waals surface area (Å²) in [5.41, 5.74) is 1.35. The lowest BCUT2D eigenvalue weighted by Crippen LogP contribution is -2.55. The van der Waals surface area contributed by atoms with E-state index in [0.29, 0.717) is 26.2 Å². The van der Waals surface area contributed by atoms with Crippen LogP contribution in [0, 0.1) is 5.82 Å². The number of carbonyl (C=O) groups is 1. The lowest BCUT2D eigenvalue weighted by molar-refractivity contribution is 0.185. The number of anilines is 1. The molecule has 0 spiro atoms. The molecule has 1 aromatic heterocycles.